The Morgan fingerprint density at radius 3 is 1.60 bits per heavy atom. The second-order valence-electron chi connectivity index (χ2n) is 15.8. The van der Waals surface area contributed by atoms with Crippen molar-refractivity contribution in [2.45, 2.75) is 161 Å². The molecule has 0 radical (unpaired) electrons. The van der Waals surface area contributed by atoms with E-state index >= 15 is 0 Å². The van der Waals surface area contributed by atoms with Crippen LogP contribution in [0, 0.1) is 0 Å². The molecular formula is C48H83NO8P+. The van der Waals surface area contributed by atoms with Crippen LogP contribution in [-0.2, 0) is 32.7 Å². The topological polar surface area (TPSA) is 108 Å². The third kappa shape index (κ3) is 42.8. The SMILES string of the molecule is CC/C=C/C=C/C=C/CCCCCCCC(=O)OC(COC(=O)CCCCCCC/C=C/C/C=C/C/C=C/C/C=C/CCCCC)COP(=O)(O)OCC[N+](C)(C)C. The zero-order valence-electron chi connectivity index (χ0n) is 37.2. The van der Waals surface area contributed by atoms with Gasteiger partial charge in [-0.3, -0.25) is 18.6 Å². The number of phosphoric ester groups is 1. The van der Waals surface area contributed by atoms with Crippen LogP contribution in [0.4, 0.5) is 0 Å². The number of rotatable bonds is 39. The average Bonchev–Trinajstić information content (AvgIpc) is 3.17. The second kappa shape index (κ2) is 39.6. The van der Waals surface area contributed by atoms with Crippen LogP contribution in [0.2, 0.25) is 0 Å². The maximum atomic E-state index is 12.7. The summed E-state index contributed by atoms with van der Waals surface area (Å²) in [7, 11) is 1.43. The van der Waals surface area contributed by atoms with E-state index in [1.807, 2.05) is 39.4 Å². The molecule has 0 fully saturated rings. The minimum absolute atomic E-state index is 0.0191. The van der Waals surface area contributed by atoms with Crippen molar-refractivity contribution in [2.75, 3.05) is 47.5 Å². The summed E-state index contributed by atoms with van der Waals surface area (Å²) in [5.41, 5.74) is 0. The van der Waals surface area contributed by atoms with Gasteiger partial charge in [0.05, 0.1) is 27.7 Å². The number of likely N-dealkylation sites (N-methyl/N-ethyl adjacent to an activating group) is 1. The number of hydrogen-bond acceptors (Lipinski definition) is 7. The Bertz CT molecular complexity index is 1260. The minimum Gasteiger partial charge on any atom is -0.462 e. The number of esters is 2. The summed E-state index contributed by atoms with van der Waals surface area (Å²) in [5.74, 6) is -0.853. The molecule has 9 nitrogen and oxygen atoms in total. The van der Waals surface area contributed by atoms with E-state index in [1.165, 1.54) is 25.7 Å². The largest absolute Gasteiger partial charge is 0.472 e. The van der Waals surface area contributed by atoms with Gasteiger partial charge in [-0.15, -0.1) is 0 Å². The van der Waals surface area contributed by atoms with Crippen LogP contribution in [-0.4, -0.2) is 74.9 Å². The molecule has 0 rings (SSSR count). The Balaban J connectivity index is 4.39. The van der Waals surface area contributed by atoms with Gasteiger partial charge >= 0.3 is 19.8 Å². The number of carbonyl (C=O) groups is 2. The zero-order chi connectivity index (χ0) is 42.8. The molecule has 58 heavy (non-hydrogen) atoms. The number of allylic oxidation sites excluding steroid dienone is 14. The van der Waals surface area contributed by atoms with E-state index in [0.717, 1.165) is 89.9 Å². The molecule has 0 bridgehead atoms. The molecule has 2 unspecified atom stereocenters. The van der Waals surface area contributed by atoms with E-state index < -0.39 is 32.5 Å². The van der Waals surface area contributed by atoms with Gasteiger partial charge < -0.3 is 18.9 Å². The van der Waals surface area contributed by atoms with Gasteiger partial charge in [-0.25, -0.2) is 4.57 Å². The molecule has 0 aliphatic carbocycles. The molecule has 0 heterocycles. The van der Waals surface area contributed by atoms with Crippen molar-refractivity contribution in [3.8, 4) is 0 Å². The summed E-state index contributed by atoms with van der Waals surface area (Å²) in [6, 6.07) is 0. The highest BCUT2D eigenvalue weighted by atomic mass is 31.2. The summed E-state index contributed by atoms with van der Waals surface area (Å²) >= 11 is 0. The molecule has 0 amide bonds. The Morgan fingerprint density at radius 1 is 0.569 bits per heavy atom. The molecule has 0 aromatic rings. The van der Waals surface area contributed by atoms with E-state index in [9.17, 15) is 19.0 Å². The van der Waals surface area contributed by atoms with Crippen LogP contribution in [0.25, 0.3) is 0 Å². The molecule has 0 aromatic carbocycles. The number of unbranched alkanes of at least 4 members (excludes halogenated alkanes) is 13. The van der Waals surface area contributed by atoms with Gasteiger partial charge in [0.25, 0.3) is 0 Å². The summed E-state index contributed by atoms with van der Waals surface area (Å²) < 4.78 is 34.3. The smallest absolute Gasteiger partial charge is 0.462 e. The standard InChI is InChI=1S/C48H82NO8P/c1-6-8-10-12-14-16-18-20-21-22-23-24-25-26-27-29-30-32-34-36-38-40-47(50)54-44-46(45-56-58(52,53)55-43-42-49(3,4)5)57-48(51)41-39-37-35-33-31-28-19-17-15-13-11-9-7-2/h9,11,13-17,19-21,23-24,26-27,46H,6-8,10,12,18,22,25,28-45H2,1-5H3/p+1/b11-9+,15-13+,16-14+,19-17+,21-20+,24-23+,27-26+. The Morgan fingerprint density at radius 2 is 1.05 bits per heavy atom. The Labute approximate surface area is 354 Å². The first-order chi connectivity index (χ1) is 28.0. The predicted octanol–water partition coefficient (Wildman–Crippen LogP) is 12.8. The fourth-order valence-electron chi connectivity index (χ4n) is 5.47. The van der Waals surface area contributed by atoms with Crippen molar-refractivity contribution in [1.29, 1.82) is 0 Å². The number of hydrogen-bond donors (Lipinski definition) is 1. The normalized spacial score (nSPS) is 14.4. The first kappa shape index (κ1) is 55.2. The number of carbonyl (C=O) groups excluding carboxylic acids is 2. The van der Waals surface area contributed by atoms with Crippen molar-refractivity contribution in [2.24, 2.45) is 0 Å². The monoisotopic (exact) mass is 833 g/mol. The molecule has 0 saturated carbocycles. The molecule has 0 saturated heterocycles. The summed E-state index contributed by atoms with van der Waals surface area (Å²) in [5, 5.41) is 0. The first-order valence-corrected chi connectivity index (χ1v) is 23.8. The van der Waals surface area contributed by atoms with E-state index in [1.54, 1.807) is 0 Å². The lowest BCUT2D eigenvalue weighted by atomic mass is 10.1. The van der Waals surface area contributed by atoms with Crippen LogP contribution >= 0.6 is 7.82 Å². The molecule has 0 spiro atoms. The number of phosphoric acid groups is 1. The quantitative estimate of drug-likeness (QED) is 0.0163. The van der Waals surface area contributed by atoms with Crippen LogP contribution in [0.5, 0.6) is 0 Å². The molecule has 10 heteroatoms. The minimum atomic E-state index is -4.39. The van der Waals surface area contributed by atoms with Crippen LogP contribution in [0.1, 0.15) is 155 Å². The first-order valence-electron chi connectivity index (χ1n) is 22.3. The van der Waals surface area contributed by atoms with Gasteiger partial charge in [0, 0.05) is 12.8 Å². The maximum Gasteiger partial charge on any atom is 0.472 e. The van der Waals surface area contributed by atoms with Gasteiger partial charge in [0.15, 0.2) is 6.10 Å². The van der Waals surface area contributed by atoms with Gasteiger partial charge in [0.1, 0.15) is 19.8 Å². The molecule has 1 N–H and O–H groups in total. The second-order valence-corrected chi connectivity index (χ2v) is 17.2. The molecule has 2 atom stereocenters. The van der Waals surface area contributed by atoms with E-state index in [4.69, 9.17) is 18.5 Å². The highest BCUT2D eigenvalue weighted by molar-refractivity contribution is 7.47. The lowest BCUT2D eigenvalue weighted by Crippen LogP contribution is -2.37. The van der Waals surface area contributed by atoms with Crippen LogP contribution in [0.3, 0.4) is 0 Å². The fourth-order valence-corrected chi connectivity index (χ4v) is 6.21. The average molecular weight is 833 g/mol. The molecule has 0 aliphatic rings. The van der Waals surface area contributed by atoms with Gasteiger partial charge in [-0.2, -0.15) is 0 Å². The van der Waals surface area contributed by atoms with Crippen molar-refractivity contribution >= 4 is 19.8 Å². The van der Waals surface area contributed by atoms with Crippen LogP contribution in [0.15, 0.2) is 85.1 Å². The zero-order valence-corrected chi connectivity index (χ0v) is 38.1. The van der Waals surface area contributed by atoms with Gasteiger partial charge in [-0.05, 0) is 77.0 Å². The van der Waals surface area contributed by atoms with Gasteiger partial charge in [-0.1, -0.05) is 150 Å². The van der Waals surface area contributed by atoms with Crippen molar-refractivity contribution in [1.82, 2.24) is 0 Å². The van der Waals surface area contributed by atoms with E-state index in [-0.39, 0.29) is 26.1 Å². The molecular weight excluding hydrogens is 750 g/mol. The van der Waals surface area contributed by atoms with Gasteiger partial charge in [0.2, 0.25) is 0 Å². The third-order valence-corrected chi connectivity index (χ3v) is 9.95. The third-order valence-electron chi connectivity index (χ3n) is 8.97. The number of quaternary nitrogens is 1. The molecule has 332 valence electrons. The number of ether oxygens (including phenoxy) is 2. The van der Waals surface area contributed by atoms with E-state index in [0.29, 0.717) is 23.9 Å². The molecule has 0 aliphatic heterocycles. The van der Waals surface area contributed by atoms with Crippen molar-refractivity contribution in [3.63, 3.8) is 0 Å². The molecule has 0 aromatic heterocycles. The summed E-state index contributed by atoms with van der Waals surface area (Å²) in [6.45, 7) is 4.19. The predicted molar refractivity (Wildman–Crippen MR) is 242 cm³/mol. The lowest BCUT2D eigenvalue weighted by molar-refractivity contribution is -0.870. The Hall–Kier alpha value is -2.81. The van der Waals surface area contributed by atoms with Crippen molar-refractivity contribution in [3.05, 3.63) is 85.1 Å². The van der Waals surface area contributed by atoms with Crippen LogP contribution < -0.4 is 0 Å². The van der Waals surface area contributed by atoms with E-state index in [2.05, 4.69) is 80.7 Å². The highest BCUT2D eigenvalue weighted by Crippen LogP contribution is 2.43. The lowest BCUT2D eigenvalue weighted by Gasteiger charge is -2.24. The number of nitrogens with zero attached hydrogens (tertiary/aromatic N) is 1. The highest BCUT2D eigenvalue weighted by Gasteiger charge is 2.27. The fraction of sp³-hybridized carbons (Fsp3) is 0.667. The summed E-state index contributed by atoms with van der Waals surface area (Å²) in [6.07, 6.45) is 50.6. The Kier molecular flexibility index (Phi) is 37.7. The van der Waals surface area contributed by atoms with Crippen molar-refractivity contribution < 1.29 is 42.1 Å². The maximum absolute atomic E-state index is 12.7. The summed E-state index contributed by atoms with van der Waals surface area (Å²) in [4.78, 5) is 35.4.